The van der Waals surface area contributed by atoms with Crippen LogP contribution in [0.2, 0.25) is 0 Å². The molecule has 6 heteroatoms. The highest BCUT2D eigenvalue weighted by Gasteiger charge is 2.30. The molecule has 1 fully saturated rings. The summed E-state index contributed by atoms with van der Waals surface area (Å²) in [6, 6.07) is 7.76. The van der Waals surface area contributed by atoms with Gasteiger partial charge in [-0.1, -0.05) is 41.4 Å². The van der Waals surface area contributed by atoms with Crippen LogP contribution in [0.25, 0.3) is 0 Å². The first-order valence-corrected chi connectivity index (χ1v) is 10.3. The van der Waals surface area contributed by atoms with Crippen molar-refractivity contribution in [2.45, 2.75) is 38.6 Å². The van der Waals surface area contributed by atoms with Crippen LogP contribution in [0.3, 0.4) is 0 Å². The van der Waals surface area contributed by atoms with Gasteiger partial charge < -0.3 is 5.32 Å². The van der Waals surface area contributed by atoms with Gasteiger partial charge in [0.15, 0.2) is 9.84 Å². The first-order chi connectivity index (χ1) is 10.4. The van der Waals surface area contributed by atoms with Crippen LogP contribution >= 0.6 is 15.9 Å². The lowest BCUT2D eigenvalue weighted by molar-refractivity contribution is -0.120. The summed E-state index contributed by atoms with van der Waals surface area (Å²) in [5.74, 6) is -0.347. The van der Waals surface area contributed by atoms with E-state index in [1.807, 2.05) is 24.3 Å². The Balaban J connectivity index is 2.07. The van der Waals surface area contributed by atoms with Gasteiger partial charge in [-0.15, -0.1) is 0 Å². The van der Waals surface area contributed by atoms with Crippen LogP contribution in [0.1, 0.15) is 44.2 Å². The summed E-state index contributed by atoms with van der Waals surface area (Å²) in [6.45, 7) is 1.80. The van der Waals surface area contributed by atoms with E-state index >= 15 is 0 Å². The molecular formula is C16H22BrNO3S. The average Bonchev–Trinajstić information content (AvgIpc) is 2.35. The topological polar surface area (TPSA) is 63.2 Å². The predicted molar refractivity (Wildman–Crippen MR) is 91.3 cm³/mol. The summed E-state index contributed by atoms with van der Waals surface area (Å²) in [5.41, 5.74) is 1.04. The van der Waals surface area contributed by atoms with Gasteiger partial charge in [0.2, 0.25) is 5.91 Å². The Morgan fingerprint density at radius 3 is 2.45 bits per heavy atom. The maximum absolute atomic E-state index is 12.1. The van der Waals surface area contributed by atoms with Gasteiger partial charge >= 0.3 is 0 Å². The largest absolute Gasteiger partial charge is 0.348 e. The Morgan fingerprint density at radius 2 is 1.95 bits per heavy atom. The SMILES string of the molecule is CCCS(=O)(=O)CC(=O)NC(c1ccc(Br)cc1)C1CCC1. The van der Waals surface area contributed by atoms with Crippen LogP contribution < -0.4 is 5.32 Å². The zero-order chi connectivity index (χ0) is 16.2. The molecule has 0 radical (unpaired) electrons. The van der Waals surface area contributed by atoms with Gasteiger partial charge in [-0.3, -0.25) is 4.79 Å². The first kappa shape index (κ1) is 17.5. The summed E-state index contributed by atoms with van der Waals surface area (Å²) < 4.78 is 24.6. The number of halogens is 1. The average molecular weight is 388 g/mol. The highest BCUT2D eigenvalue weighted by atomic mass is 79.9. The smallest absolute Gasteiger partial charge is 0.235 e. The van der Waals surface area contributed by atoms with Crippen LogP contribution in [0.5, 0.6) is 0 Å². The van der Waals surface area contributed by atoms with Gasteiger partial charge in [-0.25, -0.2) is 8.42 Å². The molecule has 0 aromatic heterocycles. The molecule has 1 saturated carbocycles. The van der Waals surface area contributed by atoms with Crippen molar-refractivity contribution in [3.05, 3.63) is 34.3 Å². The predicted octanol–water partition coefficient (Wildman–Crippen LogP) is 3.23. The Morgan fingerprint density at radius 1 is 1.32 bits per heavy atom. The highest BCUT2D eigenvalue weighted by molar-refractivity contribution is 9.10. The fourth-order valence-electron chi connectivity index (χ4n) is 2.71. The maximum Gasteiger partial charge on any atom is 0.235 e. The van der Waals surface area contributed by atoms with E-state index in [2.05, 4.69) is 21.2 Å². The Hall–Kier alpha value is -0.880. The third kappa shape index (κ3) is 4.81. The number of benzene rings is 1. The standard InChI is InChI=1S/C16H22BrNO3S/c1-2-10-22(20,21)11-15(19)18-16(12-4-3-5-12)13-6-8-14(17)9-7-13/h6-9,12,16H,2-5,10-11H2,1H3,(H,18,19). The minimum Gasteiger partial charge on any atom is -0.348 e. The molecule has 1 atom stereocenters. The number of nitrogens with one attached hydrogen (secondary N) is 1. The Labute approximate surface area is 140 Å². The molecule has 0 heterocycles. The summed E-state index contributed by atoms with van der Waals surface area (Å²) in [7, 11) is -3.30. The fraction of sp³-hybridized carbons (Fsp3) is 0.562. The van der Waals surface area contributed by atoms with E-state index in [4.69, 9.17) is 0 Å². The van der Waals surface area contributed by atoms with Crippen molar-refractivity contribution in [3.63, 3.8) is 0 Å². The molecule has 1 aliphatic carbocycles. The van der Waals surface area contributed by atoms with Gasteiger partial charge in [0, 0.05) is 4.47 Å². The summed E-state index contributed by atoms with van der Waals surface area (Å²) in [6.07, 6.45) is 3.85. The monoisotopic (exact) mass is 387 g/mol. The molecular weight excluding hydrogens is 366 g/mol. The molecule has 4 nitrogen and oxygen atoms in total. The summed E-state index contributed by atoms with van der Waals surface area (Å²) in [5, 5.41) is 2.94. The van der Waals surface area contributed by atoms with Gasteiger partial charge in [-0.2, -0.15) is 0 Å². The first-order valence-electron chi connectivity index (χ1n) is 7.66. The molecule has 1 unspecified atom stereocenters. The van der Waals surface area contributed by atoms with Crippen molar-refractivity contribution in [3.8, 4) is 0 Å². The molecule has 1 N–H and O–H groups in total. The molecule has 1 aromatic rings. The highest BCUT2D eigenvalue weighted by Crippen LogP contribution is 2.38. The van der Waals surface area contributed by atoms with Gasteiger partial charge in [0.25, 0.3) is 0 Å². The normalized spacial score (nSPS) is 16.8. The van der Waals surface area contributed by atoms with Crippen molar-refractivity contribution in [2.75, 3.05) is 11.5 Å². The Kier molecular flexibility index (Phi) is 6.03. The minimum atomic E-state index is -3.30. The minimum absolute atomic E-state index is 0.0623. The molecule has 0 spiro atoms. The number of carbonyl (C=O) groups is 1. The lowest BCUT2D eigenvalue weighted by atomic mass is 9.77. The van der Waals surface area contributed by atoms with Gasteiger partial charge in [0.05, 0.1) is 11.8 Å². The molecule has 1 amide bonds. The quantitative estimate of drug-likeness (QED) is 0.780. The zero-order valence-electron chi connectivity index (χ0n) is 12.7. The van der Waals surface area contributed by atoms with Crippen molar-refractivity contribution in [1.29, 1.82) is 0 Å². The molecule has 0 aliphatic heterocycles. The number of sulfone groups is 1. The second kappa shape index (κ2) is 7.59. The van der Waals surface area contributed by atoms with Crippen LogP contribution in [-0.2, 0) is 14.6 Å². The van der Waals surface area contributed by atoms with E-state index in [0.717, 1.165) is 22.9 Å². The van der Waals surface area contributed by atoms with Gasteiger partial charge in [-0.05, 0) is 42.9 Å². The zero-order valence-corrected chi connectivity index (χ0v) is 15.1. The van der Waals surface area contributed by atoms with Crippen molar-refractivity contribution < 1.29 is 13.2 Å². The second-order valence-electron chi connectivity index (χ2n) is 5.88. The third-order valence-corrected chi connectivity index (χ3v) is 6.29. The van der Waals surface area contributed by atoms with Gasteiger partial charge in [0.1, 0.15) is 5.75 Å². The van der Waals surface area contributed by atoms with E-state index in [-0.39, 0.29) is 11.8 Å². The van der Waals surface area contributed by atoms with Crippen LogP contribution in [0.15, 0.2) is 28.7 Å². The van der Waals surface area contributed by atoms with E-state index < -0.39 is 21.5 Å². The number of rotatable bonds is 7. The van der Waals surface area contributed by atoms with Crippen LogP contribution in [-0.4, -0.2) is 25.8 Å². The molecule has 1 aliphatic rings. The number of hydrogen-bond acceptors (Lipinski definition) is 3. The number of carbonyl (C=O) groups excluding carboxylic acids is 1. The molecule has 122 valence electrons. The summed E-state index contributed by atoms with van der Waals surface area (Å²) >= 11 is 3.40. The molecule has 2 rings (SSSR count). The van der Waals surface area contributed by atoms with E-state index in [1.165, 1.54) is 6.42 Å². The molecule has 0 saturated heterocycles. The number of amides is 1. The van der Waals surface area contributed by atoms with Crippen molar-refractivity contribution in [1.82, 2.24) is 5.32 Å². The molecule has 0 bridgehead atoms. The maximum atomic E-state index is 12.1. The van der Waals surface area contributed by atoms with Crippen molar-refractivity contribution in [2.24, 2.45) is 5.92 Å². The van der Waals surface area contributed by atoms with E-state index in [0.29, 0.717) is 12.3 Å². The second-order valence-corrected chi connectivity index (χ2v) is 8.98. The Bertz CT molecular complexity index is 609. The van der Waals surface area contributed by atoms with Crippen molar-refractivity contribution >= 4 is 31.7 Å². The lowest BCUT2D eigenvalue weighted by Crippen LogP contribution is -2.39. The fourth-order valence-corrected chi connectivity index (χ4v) is 4.23. The van der Waals surface area contributed by atoms with Crippen LogP contribution in [0, 0.1) is 5.92 Å². The van der Waals surface area contributed by atoms with E-state index in [9.17, 15) is 13.2 Å². The molecule has 22 heavy (non-hydrogen) atoms. The number of hydrogen-bond donors (Lipinski definition) is 1. The summed E-state index contributed by atoms with van der Waals surface area (Å²) in [4.78, 5) is 12.1. The van der Waals surface area contributed by atoms with Crippen LogP contribution in [0.4, 0.5) is 0 Å². The lowest BCUT2D eigenvalue weighted by Gasteiger charge is -2.34. The molecule has 1 aromatic carbocycles. The van der Waals surface area contributed by atoms with E-state index in [1.54, 1.807) is 6.92 Å². The third-order valence-electron chi connectivity index (χ3n) is 4.03.